The molecule has 1 saturated heterocycles. The Morgan fingerprint density at radius 3 is 2.59 bits per heavy atom. The Morgan fingerprint density at radius 1 is 1.16 bits per heavy atom. The van der Waals surface area contributed by atoms with E-state index in [0.717, 1.165) is 53.3 Å². The van der Waals surface area contributed by atoms with E-state index in [9.17, 15) is 13.2 Å². The van der Waals surface area contributed by atoms with Gasteiger partial charge in [-0.1, -0.05) is 23.5 Å². The van der Waals surface area contributed by atoms with Crippen LogP contribution in [0.25, 0.3) is 10.9 Å². The number of ether oxygens (including phenoxy) is 1. The summed E-state index contributed by atoms with van der Waals surface area (Å²) in [6.45, 7) is 6.51. The maximum absolute atomic E-state index is 13.3. The molecule has 0 bridgehead atoms. The van der Waals surface area contributed by atoms with Crippen LogP contribution in [0.3, 0.4) is 0 Å². The molecule has 1 aliphatic heterocycles. The second-order valence-corrected chi connectivity index (χ2v) is 12.6. The molecule has 1 aromatic carbocycles. The summed E-state index contributed by atoms with van der Waals surface area (Å²) < 4.78 is 32.7. The van der Waals surface area contributed by atoms with Gasteiger partial charge in [-0.05, 0) is 38.8 Å². The predicted molar refractivity (Wildman–Crippen MR) is 143 cm³/mol. The zero-order chi connectivity index (χ0) is 26.2. The summed E-state index contributed by atoms with van der Waals surface area (Å²) in [7, 11) is -2.47. The van der Waals surface area contributed by atoms with Gasteiger partial charge in [-0.3, -0.25) is 10.2 Å². The summed E-state index contributed by atoms with van der Waals surface area (Å²) in [5.41, 5.74) is 1.32. The summed E-state index contributed by atoms with van der Waals surface area (Å²) in [5, 5.41) is 7.22. The lowest BCUT2D eigenvalue weighted by atomic mass is 10.2. The van der Waals surface area contributed by atoms with Crippen molar-refractivity contribution in [2.75, 3.05) is 50.5 Å². The van der Waals surface area contributed by atoms with Gasteiger partial charge in [-0.25, -0.2) is 28.2 Å². The third-order valence-corrected chi connectivity index (χ3v) is 10.1. The zero-order valence-electron chi connectivity index (χ0n) is 21.1. The third-order valence-electron chi connectivity index (χ3n) is 6.53. The molecule has 0 unspecified atom stereocenters. The summed E-state index contributed by atoms with van der Waals surface area (Å²) in [4.78, 5) is 27.5. The van der Waals surface area contributed by atoms with Crippen molar-refractivity contribution in [2.45, 2.75) is 42.9 Å². The number of piperazine rings is 1. The third kappa shape index (κ3) is 5.69. The molecule has 5 rings (SSSR count). The zero-order valence-corrected chi connectivity index (χ0v) is 22.7. The molecule has 198 valence electrons. The van der Waals surface area contributed by atoms with E-state index in [-0.39, 0.29) is 15.4 Å². The number of rotatable bonds is 8. The van der Waals surface area contributed by atoms with E-state index in [0.29, 0.717) is 37.8 Å². The van der Waals surface area contributed by atoms with Gasteiger partial charge in [0.2, 0.25) is 0 Å². The first-order valence-electron chi connectivity index (χ1n) is 12.3. The van der Waals surface area contributed by atoms with Crippen molar-refractivity contribution < 1.29 is 17.9 Å². The van der Waals surface area contributed by atoms with Gasteiger partial charge in [0.15, 0.2) is 9.34 Å². The van der Waals surface area contributed by atoms with Gasteiger partial charge < -0.3 is 10.1 Å². The monoisotopic (exact) mass is 545 g/mol. The number of nitrogens with zero attached hydrogens (tertiary/aromatic N) is 5. The fraction of sp³-hybridized carbons (Fsp3) is 0.500. The number of carbonyl (C=O) groups is 1. The van der Waals surface area contributed by atoms with Crippen LogP contribution in [0.5, 0.6) is 0 Å². The largest absolute Gasteiger partial charge is 0.453 e. The number of carbonyl (C=O) groups excluding carboxylic acids is 1. The lowest BCUT2D eigenvalue weighted by Crippen LogP contribution is -2.50. The Bertz CT molecular complexity index is 1400. The number of benzene rings is 1. The molecular weight excluding hydrogens is 514 g/mol. The fourth-order valence-corrected chi connectivity index (χ4v) is 7.44. The highest BCUT2D eigenvalue weighted by Gasteiger charge is 2.33. The average molecular weight is 546 g/mol. The number of methoxy groups -OCH3 is 1. The lowest BCUT2D eigenvalue weighted by Gasteiger charge is -2.35. The Hall–Kier alpha value is -2.87. The number of nitrogens with one attached hydrogen (secondary N) is 2. The number of aromatic nitrogens is 3. The molecule has 1 saturated carbocycles. The Labute approximate surface area is 220 Å². The Balaban J connectivity index is 1.20. The number of hydrogen-bond acceptors (Lipinski definition) is 10. The molecule has 1 atom stereocenters. The molecular formula is C24H31N7O4S2. The Kier molecular flexibility index (Phi) is 7.30. The molecule has 0 spiro atoms. The van der Waals surface area contributed by atoms with E-state index in [1.807, 2.05) is 24.3 Å². The Morgan fingerprint density at radius 2 is 1.89 bits per heavy atom. The highest BCUT2D eigenvalue weighted by atomic mass is 32.2. The van der Waals surface area contributed by atoms with E-state index < -0.39 is 16.1 Å². The van der Waals surface area contributed by atoms with Crippen LogP contribution in [0.15, 0.2) is 28.5 Å². The number of thiazole rings is 1. The summed E-state index contributed by atoms with van der Waals surface area (Å²) >= 11 is 0.936. The highest BCUT2D eigenvalue weighted by molar-refractivity contribution is 7.91. The van der Waals surface area contributed by atoms with Gasteiger partial charge in [0.1, 0.15) is 11.6 Å². The number of aryl methyl sites for hydroxylation is 1. The number of amides is 1. The van der Waals surface area contributed by atoms with Crippen molar-refractivity contribution in [3.8, 4) is 0 Å². The first-order valence-corrected chi connectivity index (χ1v) is 14.6. The van der Waals surface area contributed by atoms with Crippen molar-refractivity contribution in [3.63, 3.8) is 0 Å². The molecule has 37 heavy (non-hydrogen) atoms. The molecule has 1 amide bonds. The molecule has 2 fully saturated rings. The maximum atomic E-state index is 13.3. The smallest absolute Gasteiger partial charge is 0.413 e. The lowest BCUT2D eigenvalue weighted by molar-refractivity contribution is 0.184. The first-order chi connectivity index (χ1) is 17.7. The molecule has 11 nitrogen and oxygen atoms in total. The quantitative estimate of drug-likeness (QED) is 0.438. The van der Waals surface area contributed by atoms with E-state index in [4.69, 9.17) is 9.97 Å². The minimum Gasteiger partial charge on any atom is -0.453 e. The molecule has 2 N–H and O–H groups in total. The number of anilines is 2. The predicted octanol–water partition coefficient (Wildman–Crippen LogP) is 3.26. The minimum atomic E-state index is -3.71. The van der Waals surface area contributed by atoms with Crippen LogP contribution < -0.4 is 10.6 Å². The van der Waals surface area contributed by atoms with Crippen molar-refractivity contribution in [1.29, 1.82) is 0 Å². The first kappa shape index (κ1) is 25.8. The number of hydrogen-bond donors (Lipinski definition) is 2. The van der Waals surface area contributed by atoms with E-state index in [1.165, 1.54) is 11.4 Å². The van der Waals surface area contributed by atoms with Gasteiger partial charge in [-0.15, -0.1) is 0 Å². The van der Waals surface area contributed by atoms with Gasteiger partial charge >= 0.3 is 6.09 Å². The SMILES string of the molecule is COC(=O)Nc1nc(C)c(S(=O)(=O)N2CCN(C[C@H](C)Nc3nc(C4CC4)nc4ccccc34)CC2)s1. The number of sulfonamides is 1. The molecule has 1 aliphatic carbocycles. The topological polar surface area (TPSA) is 130 Å². The molecule has 0 radical (unpaired) electrons. The van der Waals surface area contributed by atoms with Crippen LogP contribution in [-0.2, 0) is 14.8 Å². The normalized spacial score (nSPS) is 18.0. The van der Waals surface area contributed by atoms with Crippen LogP contribution in [-0.4, -0.2) is 84.5 Å². The number of fused-ring (bicyclic) bond motifs is 1. The van der Waals surface area contributed by atoms with Crippen LogP contribution in [0.2, 0.25) is 0 Å². The molecule has 3 aromatic rings. The standard InChI is InChI=1S/C24H31N7O4S2/c1-15(25-21-18-6-4-5-7-19(18)27-20(28-21)17-8-9-17)14-30-10-12-31(13-11-30)37(33,34)22-16(2)26-23(36-22)29-24(32)35-3/h4-7,15,17H,8-14H2,1-3H3,(H,25,27,28)(H,26,29,32)/t15-/m0/s1. The second-order valence-electron chi connectivity index (χ2n) is 9.48. The maximum Gasteiger partial charge on any atom is 0.413 e. The second kappa shape index (κ2) is 10.5. The molecule has 13 heteroatoms. The summed E-state index contributed by atoms with van der Waals surface area (Å²) in [6, 6.07) is 8.17. The van der Waals surface area contributed by atoms with Gasteiger partial charge in [0.05, 0.1) is 18.3 Å². The van der Waals surface area contributed by atoms with Gasteiger partial charge in [0, 0.05) is 50.1 Å². The number of para-hydroxylation sites is 1. The van der Waals surface area contributed by atoms with E-state index >= 15 is 0 Å². The fourth-order valence-electron chi connectivity index (χ4n) is 4.48. The molecule has 2 aromatic heterocycles. The average Bonchev–Trinajstić information content (AvgIpc) is 3.66. The van der Waals surface area contributed by atoms with Crippen LogP contribution >= 0.6 is 11.3 Å². The van der Waals surface area contributed by atoms with Gasteiger partial charge in [-0.2, -0.15) is 4.31 Å². The molecule has 3 heterocycles. The summed E-state index contributed by atoms with van der Waals surface area (Å²) in [5.74, 6) is 2.23. The van der Waals surface area contributed by atoms with Crippen LogP contribution in [0.4, 0.5) is 15.7 Å². The minimum absolute atomic E-state index is 0.115. The van der Waals surface area contributed by atoms with Crippen LogP contribution in [0, 0.1) is 6.92 Å². The van der Waals surface area contributed by atoms with Gasteiger partial charge in [0.25, 0.3) is 10.0 Å². The highest BCUT2D eigenvalue weighted by Crippen LogP contribution is 2.39. The van der Waals surface area contributed by atoms with Crippen LogP contribution in [0.1, 0.15) is 37.2 Å². The van der Waals surface area contributed by atoms with E-state index in [2.05, 4.69) is 32.2 Å². The van der Waals surface area contributed by atoms with E-state index in [1.54, 1.807) is 6.92 Å². The van der Waals surface area contributed by atoms with Crippen molar-refractivity contribution in [1.82, 2.24) is 24.2 Å². The molecule has 2 aliphatic rings. The van der Waals surface area contributed by atoms with Crippen molar-refractivity contribution in [3.05, 3.63) is 35.8 Å². The van der Waals surface area contributed by atoms with Crippen molar-refractivity contribution in [2.24, 2.45) is 0 Å². The van der Waals surface area contributed by atoms with Crippen molar-refractivity contribution >= 4 is 49.3 Å². The summed E-state index contributed by atoms with van der Waals surface area (Å²) in [6.07, 6.45) is 1.60.